The third kappa shape index (κ3) is 3.28. The van der Waals surface area contributed by atoms with Gasteiger partial charge in [0.25, 0.3) is 17.7 Å². The van der Waals surface area contributed by atoms with Gasteiger partial charge >= 0.3 is 0 Å². The van der Waals surface area contributed by atoms with Gasteiger partial charge in [0.1, 0.15) is 5.82 Å². The molecular formula is C19H19N3O3. The Labute approximate surface area is 145 Å². The van der Waals surface area contributed by atoms with Gasteiger partial charge in [0.15, 0.2) is 0 Å². The predicted molar refractivity (Wildman–Crippen MR) is 93.6 cm³/mol. The molecule has 0 saturated carbocycles. The topological polar surface area (TPSA) is 79.4 Å². The Bertz CT molecular complexity index is 843. The summed E-state index contributed by atoms with van der Waals surface area (Å²) in [4.78, 5) is 42.5. The number of pyridine rings is 1. The minimum absolute atomic E-state index is 0.283. The number of unbranched alkanes of at least 4 members (excludes halogenated alkanes) is 1. The number of aryl methyl sites for hydroxylation is 1. The van der Waals surface area contributed by atoms with Gasteiger partial charge in [-0.25, -0.2) is 4.98 Å². The third-order valence-corrected chi connectivity index (χ3v) is 4.12. The number of rotatable bonds is 5. The summed E-state index contributed by atoms with van der Waals surface area (Å²) in [6.45, 7) is 4.31. The number of nitrogens with zero attached hydrogens (tertiary/aromatic N) is 2. The van der Waals surface area contributed by atoms with Gasteiger partial charge in [-0.3, -0.25) is 19.3 Å². The maximum atomic E-state index is 12.4. The molecule has 0 atom stereocenters. The number of aromatic nitrogens is 1. The Kier molecular flexibility index (Phi) is 4.61. The molecule has 6 nitrogen and oxygen atoms in total. The fraction of sp³-hybridized carbons (Fsp3) is 0.263. The summed E-state index contributed by atoms with van der Waals surface area (Å²) < 4.78 is 0. The SMILES string of the molecule is CCCCN1C(=O)c2ccc(C(=O)Nc3ccc(C)cn3)cc2C1=O. The largest absolute Gasteiger partial charge is 0.307 e. The first-order valence-corrected chi connectivity index (χ1v) is 8.25. The molecule has 1 aromatic heterocycles. The highest BCUT2D eigenvalue weighted by Crippen LogP contribution is 2.24. The second kappa shape index (κ2) is 6.84. The molecule has 2 heterocycles. The molecule has 0 bridgehead atoms. The van der Waals surface area contributed by atoms with Gasteiger partial charge in [-0.2, -0.15) is 0 Å². The minimum atomic E-state index is -0.369. The number of anilines is 1. The molecule has 0 aliphatic carbocycles. The number of carbonyl (C=O) groups excluding carboxylic acids is 3. The summed E-state index contributed by atoms with van der Waals surface area (Å²) in [6, 6.07) is 8.13. The zero-order valence-electron chi connectivity index (χ0n) is 14.2. The fourth-order valence-corrected chi connectivity index (χ4v) is 2.68. The average Bonchev–Trinajstić information content (AvgIpc) is 2.85. The number of amides is 3. The van der Waals surface area contributed by atoms with Crippen LogP contribution in [0.25, 0.3) is 0 Å². The molecule has 1 aromatic carbocycles. The molecule has 0 spiro atoms. The summed E-state index contributed by atoms with van der Waals surface area (Å²) in [5.74, 6) is -0.563. The van der Waals surface area contributed by atoms with Crippen LogP contribution < -0.4 is 5.32 Å². The number of benzene rings is 1. The molecule has 0 radical (unpaired) electrons. The highest BCUT2D eigenvalue weighted by Gasteiger charge is 2.35. The lowest BCUT2D eigenvalue weighted by Crippen LogP contribution is -2.30. The van der Waals surface area contributed by atoms with E-state index in [0.29, 0.717) is 23.5 Å². The first-order valence-electron chi connectivity index (χ1n) is 8.25. The van der Waals surface area contributed by atoms with E-state index in [1.54, 1.807) is 24.4 Å². The van der Waals surface area contributed by atoms with Crippen LogP contribution in [0, 0.1) is 6.92 Å². The van der Waals surface area contributed by atoms with Crippen LogP contribution in [0.4, 0.5) is 5.82 Å². The lowest BCUT2D eigenvalue weighted by atomic mass is 10.1. The summed E-state index contributed by atoms with van der Waals surface area (Å²) in [5.41, 5.74) is 1.95. The van der Waals surface area contributed by atoms with Gasteiger partial charge in [0, 0.05) is 18.3 Å². The molecular weight excluding hydrogens is 318 g/mol. The summed E-state index contributed by atoms with van der Waals surface area (Å²) >= 11 is 0. The van der Waals surface area contributed by atoms with Crippen molar-refractivity contribution in [3.8, 4) is 0 Å². The monoisotopic (exact) mass is 337 g/mol. The summed E-state index contributed by atoms with van der Waals surface area (Å²) in [5, 5.41) is 2.69. The van der Waals surface area contributed by atoms with Crippen molar-refractivity contribution in [2.24, 2.45) is 0 Å². The molecule has 3 rings (SSSR count). The zero-order valence-corrected chi connectivity index (χ0v) is 14.2. The van der Waals surface area contributed by atoms with Crippen LogP contribution in [0.5, 0.6) is 0 Å². The Morgan fingerprint density at radius 2 is 1.88 bits per heavy atom. The van der Waals surface area contributed by atoms with Gasteiger partial charge in [0.2, 0.25) is 0 Å². The number of fused-ring (bicyclic) bond motifs is 1. The molecule has 2 aromatic rings. The quantitative estimate of drug-likeness (QED) is 0.851. The van der Waals surface area contributed by atoms with Crippen molar-refractivity contribution in [2.75, 3.05) is 11.9 Å². The lowest BCUT2D eigenvalue weighted by molar-refractivity contribution is 0.0652. The summed E-state index contributed by atoms with van der Waals surface area (Å²) in [6.07, 6.45) is 3.31. The molecule has 0 fully saturated rings. The highest BCUT2D eigenvalue weighted by atomic mass is 16.2. The van der Waals surface area contributed by atoms with E-state index in [-0.39, 0.29) is 23.3 Å². The smallest absolute Gasteiger partial charge is 0.261 e. The molecule has 6 heteroatoms. The maximum absolute atomic E-state index is 12.4. The minimum Gasteiger partial charge on any atom is -0.307 e. The Morgan fingerprint density at radius 1 is 1.12 bits per heavy atom. The van der Waals surface area contributed by atoms with Crippen LogP contribution in [0.1, 0.15) is 56.4 Å². The van der Waals surface area contributed by atoms with E-state index in [9.17, 15) is 14.4 Å². The molecule has 1 aliphatic heterocycles. The first kappa shape index (κ1) is 16.8. The second-order valence-electron chi connectivity index (χ2n) is 6.05. The lowest BCUT2D eigenvalue weighted by Gasteiger charge is -2.12. The van der Waals surface area contributed by atoms with Crippen molar-refractivity contribution in [3.63, 3.8) is 0 Å². The van der Waals surface area contributed by atoms with Crippen LogP contribution in [-0.4, -0.2) is 34.2 Å². The van der Waals surface area contributed by atoms with E-state index < -0.39 is 0 Å². The Hall–Kier alpha value is -3.02. The van der Waals surface area contributed by atoms with Gasteiger partial charge in [-0.15, -0.1) is 0 Å². The predicted octanol–water partition coefficient (Wildman–Crippen LogP) is 3.04. The van der Waals surface area contributed by atoms with Crippen molar-refractivity contribution in [2.45, 2.75) is 26.7 Å². The standard InChI is InChI=1S/C19H19N3O3/c1-3-4-9-22-18(24)14-7-6-13(10-15(14)19(22)25)17(23)21-16-8-5-12(2)11-20-16/h5-8,10-11H,3-4,9H2,1-2H3,(H,20,21,23). The van der Waals surface area contributed by atoms with E-state index in [0.717, 1.165) is 18.4 Å². The number of carbonyl (C=O) groups is 3. The van der Waals surface area contributed by atoms with Gasteiger partial charge in [-0.05, 0) is 43.2 Å². The van der Waals surface area contributed by atoms with Gasteiger partial charge in [-0.1, -0.05) is 19.4 Å². The summed E-state index contributed by atoms with van der Waals surface area (Å²) in [7, 11) is 0. The second-order valence-corrected chi connectivity index (χ2v) is 6.05. The highest BCUT2D eigenvalue weighted by molar-refractivity contribution is 6.22. The number of nitrogens with one attached hydrogen (secondary N) is 1. The number of hydrogen-bond donors (Lipinski definition) is 1. The van der Waals surface area contributed by atoms with E-state index in [1.807, 2.05) is 19.9 Å². The van der Waals surface area contributed by atoms with Crippen molar-refractivity contribution in [1.82, 2.24) is 9.88 Å². The van der Waals surface area contributed by atoms with Crippen LogP contribution in [0.15, 0.2) is 36.5 Å². The van der Waals surface area contributed by atoms with Crippen LogP contribution >= 0.6 is 0 Å². The number of hydrogen-bond acceptors (Lipinski definition) is 4. The fourth-order valence-electron chi connectivity index (χ4n) is 2.68. The van der Waals surface area contributed by atoms with Crippen molar-refractivity contribution in [1.29, 1.82) is 0 Å². The van der Waals surface area contributed by atoms with Crippen LogP contribution in [0.3, 0.4) is 0 Å². The molecule has 3 amide bonds. The first-order chi connectivity index (χ1) is 12.0. The Balaban J connectivity index is 1.81. The third-order valence-electron chi connectivity index (χ3n) is 4.12. The van der Waals surface area contributed by atoms with E-state index in [4.69, 9.17) is 0 Å². The molecule has 25 heavy (non-hydrogen) atoms. The molecule has 0 saturated heterocycles. The van der Waals surface area contributed by atoms with Crippen molar-refractivity contribution < 1.29 is 14.4 Å². The molecule has 1 aliphatic rings. The van der Waals surface area contributed by atoms with E-state index in [1.165, 1.54) is 11.0 Å². The van der Waals surface area contributed by atoms with Crippen LogP contribution in [0.2, 0.25) is 0 Å². The average molecular weight is 337 g/mol. The van der Waals surface area contributed by atoms with E-state index in [2.05, 4.69) is 10.3 Å². The zero-order chi connectivity index (χ0) is 18.0. The number of imide groups is 1. The van der Waals surface area contributed by atoms with Crippen molar-refractivity contribution in [3.05, 3.63) is 58.8 Å². The Morgan fingerprint density at radius 3 is 2.56 bits per heavy atom. The van der Waals surface area contributed by atoms with Gasteiger partial charge in [0.05, 0.1) is 11.1 Å². The van der Waals surface area contributed by atoms with E-state index >= 15 is 0 Å². The molecule has 128 valence electrons. The maximum Gasteiger partial charge on any atom is 0.261 e. The van der Waals surface area contributed by atoms with Crippen molar-refractivity contribution >= 4 is 23.5 Å². The molecule has 1 N–H and O–H groups in total. The normalized spacial score (nSPS) is 13.1. The molecule has 0 unspecified atom stereocenters. The van der Waals surface area contributed by atoms with Gasteiger partial charge < -0.3 is 5.32 Å². The van der Waals surface area contributed by atoms with Crippen LogP contribution in [-0.2, 0) is 0 Å².